The van der Waals surface area contributed by atoms with Crippen LogP contribution in [0.1, 0.15) is 18.1 Å². The summed E-state index contributed by atoms with van der Waals surface area (Å²) in [5.74, 6) is 0. The number of aliphatic hydroxyl groups is 1. The Labute approximate surface area is 111 Å². The number of fused-ring (bicyclic) bond motifs is 1. The molecule has 4 nitrogen and oxygen atoms in total. The fourth-order valence-corrected chi connectivity index (χ4v) is 2.60. The van der Waals surface area contributed by atoms with Crippen LogP contribution in [0.15, 0.2) is 36.7 Å². The Kier molecular flexibility index (Phi) is 2.94. The van der Waals surface area contributed by atoms with Crippen molar-refractivity contribution in [1.82, 2.24) is 4.98 Å². The van der Waals surface area contributed by atoms with E-state index in [1.165, 1.54) is 0 Å². The van der Waals surface area contributed by atoms with Crippen LogP contribution < -0.4 is 0 Å². The average molecular weight is 254 g/mol. The highest BCUT2D eigenvalue weighted by Crippen LogP contribution is 2.42. The molecular weight excluding hydrogens is 240 g/mol. The Morgan fingerprint density at radius 2 is 2.21 bits per heavy atom. The minimum absolute atomic E-state index is 0.272. The highest BCUT2D eigenvalue weighted by atomic mass is 16.5. The summed E-state index contributed by atoms with van der Waals surface area (Å²) in [7, 11) is 0. The first-order valence-corrected chi connectivity index (χ1v) is 6.26. The molecule has 1 aliphatic rings. The maximum Gasteiger partial charge on any atom is 0.113 e. The SMILES string of the molecule is N#CC1(C(O)c2cncc3ccccc23)CCOC1. The number of ether oxygens (including phenoxy) is 1. The lowest BCUT2D eigenvalue weighted by Gasteiger charge is -2.26. The molecule has 2 atom stereocenters. The standard InChI is InChI=1S/C15H14N2O2/c16-9-15(5-6-19-10-15)14(18)13-8-17-7-11-3-1-2-4-12(11)13/h1-4,7-8,14,18H,5-6,10H2. The molecule has 0 saturated carbocycles. The fourth-order valence-electron chi connectivity index (χ4n) is 2.60. The van der Waals surface area contributed by atoms with Crippen molar-refractivity contribution in [3.63, 3.8) is 0 Å². The normalized spacial score (nSPS) is 24.2. The van der Waals surface area contributed by atoms with Gasteiger partial charge in [0.15, 0.2) is 0 Å². The minimum atomic E-state index is -0.876. The maximum absolute atomic E-state index is 10.6. The van der Waals surface area contributed by atoms with E-state index in [4.69, 9.17) is 4.74 Å². The summed E-state index contributed by atoms with van der Waals surface area (Å²) in [6, 6.07) is 9.97. The second-order valence-corrected chi connectivity index (χ2v) is 4.92. The lowest BCUT2D eigenvalue weighted by atomic mass is 9.79. The van der Waals surface area contributed by atoms with Gasteiger partial charge in [-0.15, -0.1) is 0 Å². The van der Waals surface area contributed by atoms with E-state index in [2.05, 4.69) is 11.1 Å². The summed E-state index contributed by atoms with van der Waals surface area (Å²) >= 11 is 0. The van der Waals surface area contributed by atoms with E-state index in [-0.39, 0.29) is 6.61 Å². The zero-order chi connectivity index (χ0) is 13.3. The summed E-state index contributed by atoms with van der Waals surface area (Å²) in [6.07, 6.45) is 3.08. The number of pyridine rings is 1. The molecule has 19 heavy (non-hydrogen) atoms. The van der Waals surface area contributed by atoms with Crippen molar-refractivity contribution >= 4 is 10.8 Å². The van der Waals surface area contributed by atoms with Crippen molar-refractivity contribution in [3.05, 3.63) is 42.2 Å². The van der Waals surface area contributed by atoms with Gasteiger partial charge in [-0.25, -0.2) is 0 Å². The molecule has 0 bridgehead atoms. The molecule has 1 N–H and O–H groups in total. The van der Waals surface area contributed by atoms with Gasteiger partial charge in [0.25, 0.3) is 0 Å². The number of hydrogen-bond acceptors (Lipinski definition) is 4. The van der Waals surface area contributed by atoms with Crippen molar-refractivity contribution in [2.75, 3.05) is 13.2 Å². The second kappa shape index (κ2) is 4.61. The molecule has 1 aliphatic heterocycles. The lowest BCUT2D eigenvalue weighted by molar-refractivity contribution is 0.0512. The number of aliphatic hydroxyl groups excluding tert-OH is 1. The number of benzene rings is 1. The van der Waals surface area contributed by atoms with Crippen LogP contribution >= 0.6 is 0 Å². The Hall–Kier alpha value is -1.96. The quantitative estimate of drug-likeness (QED) is 0.892. The van der Waals surface area contributed by atoms with Gasteiger partial charge in [-0.1, -0.05) is 24.3 Å². The molecule has 1 fully saturated rings. The van der Waals surface area contributed by atoms with E-state index in [1.807, 2.05) is 24.3 Å². The molecule has 0 amide bonds. The molecule has 2 heterocycles. The molecule has 1 saturated heterocycles. The number of nitriles is 1. The van der Waals surface area contributed by atoms with E-state index >= 15 is 0 Å². The summed E-state index contributed by atoms with van der Waals surface area (Å²) in [6.45, 7) is 0.788. The molecule has 0 aliphatic carbocycles. The summed E-state index contributed by atoms with van der Waals surface area (Å²) in [5.41, 5.74) is -0.156. The van der Waals surface area contributed by atoms with Gasteiger partial charge in [0.1, 0.15) is 11.5 Å². The van der Waals surface area contributed by atoms with Crippen LogP contribution in [0.4, 0.5) is 0 Å². The lowest BCUT2D eigenvalue weighted by Crippen LogP contribution is -2.28. The first kappa shape index (κ1) is 12.1. The minimum Gasteiger partial charge on any atom is -0.387 e. The predicted molar refractivity (Wildman–Crippen MR) is 70.2 cm³/mol. The van der Waals surface area contributed by atoms with Gasteiger partial charge in [0, 0.05) is 30.0 Å². The summed E-state index contributed by atoms with van der Waals surface area (Å²) in [5, 5.41) is 21.9. The van der Waals surface area contributed by atoms with Crippen LogP contribution in [-0.4, -0.2) is 23.3 Å². The molecule has 0 radical (unpaired) electrons. The van der Waals surface area contributed by atoms with Crippen LogP contribution in [0.25, 0.3) is 10.8 Å². The number of rotatable bonds is 2. The van der Waals surface area contributed by atoms with Crippen LogP contribution in [0.3, 0.4) is 0 Å². The van der Waals surface area contributed by atoms with Gasteiger partial charge in [-0.3, -0.25) is 4.98 Å². The molecule has 1 aromatic heterocycles. The van der Waals surface area contributed by atoms with Crippen LogP contribution in [0.2, 0.25) is 0 Å². The highest BCUT2D eigenvalue weighted by Gasteiger charge is 2.43. The van der Waals surface area contributed by atoms with Gasteiger partial charge in [-0.05, 0) is 11.8 Å². The van der Waals surface area contributed by atoms with E-state index in [0.29, 0.717) is 18.6 Å². The summed E-state index contributed by atoms with van der Waals surface area (Å²) in [4.78, 5) is 4.16. The van der Waals surface area contributed by atoms with Gasteiger partial charge < -0.3 is 9.84 Å². The zero-order valence-electron chi connectivity index (χ0n) is 10.4. The average Bonchev–Trinajstić information content (AvgIpc) is 2.96. The second-order valence-electron chi connectivity index (χ2n) is 4.92. The molecule has 4 heteroatoms. The Morgan fingerprint density at radius 1 is 1.37 bits per heavy atom. The van der Waals surface area contributed by atoms with E-state index in [1.54, 1.807) is 12.4 Å². The van der Waals surface area contributed by atoms with Crippen LogP contribution in [-0.2, 0) is 4.74 Å². The monoisotopic (exact) mass is 254 g/mol. The van der Waals surface area contributed by atoms with Gasteiger partial charge in [0.2, 0.25) is 0 Å². The van der Waals surface area contributed by atoms with Crippen molar-refractivity contribution in [2.24, 2.45) is 5.41 Å². The number of aromatic nitrogens is 1. The predicted octanol–water partition coefficient (Wildman–Crippen LogP) is 2.20. The van der Waals surface area contributed by atoms with Gasteiger partial charge in [0.05, 0.1) is 12.7 Å². The maximum atomic E-state index is 10.6. The van der Waals surface area contributed by atoms with E-state index < -0.39 is 11.5 Å². The topological polar surface area (TPSA) is 66.1 Å². The third-order valence-corrected chi connectivity index (χ3v) is 3.79. The number of hydrogen-bond donors (Lipinski definition) is 1. The fraction of sp³-hybridized carbons (Fsp3) is 0.333. The molecule has 1 aromatic carbocycles. The molecule has 2 unspecified atom stereocenters. The Morgan fingerprint density at radius 3 is 2.95 bits per heavy atom. The van der Waals surface area contributed by atoms with Gasteiger partial charge in [-0.2, -0.15) is 5.26 Å². The van der Waals surface area contributed by atoms with Crippen molar-refractivity contribution in [2.45, 2.75) is 12.5 Å². The van der Waals surface area contributed by atoms with Crippen LogP contribution in [0.5, 0.6) is 0 Å². The first-order valence-electron chi connectivity index (χ1n) is 6.26. The Bertz CT molecular complexity index is 637. The van der Waals surface area contributed by atoms with Crippen molar-refractivity contribution < 1.29 is 9.84 Å². The Balaban J connectivity index is 2.12. The number of nitrogens with zero attached hydrogens (tertiary/aromatic N) is 2. The summed E-state index contributed by atoms with van der Waals surface area (Å²) < 4.78 is 5.30. The van der Waals surface area contributed by atoms with E-state index in [9.17, 15) is 10.4 Å². The van der Waals surface area contributed by atoms with Crippen molar-refractivity contribution in [3.8, 4) is 6.07 Å². The third kappa shape index (κ3) is 1.88. The zero-order valence-corrected chi connectivity index (χ0v) is 10.4. The van der Waals surface area contributed by atoms with Crippen LogP contribution in [0, 0.1) is 16.7 Å². The molecule has 96 valence electrons. The molecular formula is C15H14N2O2. The molecule has 3 rings (SSSR count). The smallest absolute Gasteiger partial charge is 0.113 e. The van der Waals surface area contributed by atoms with Crippen molar-refractivity contribution in [1.29, 1.82) is 5.26 Å². The largest absolute Gasteiger partial charge is 0.387 e. The van der Waals surface area contributed by atoms with E-state index in [0.717, 1.165) is 10.8 Å². The highest BCUT2D eigenvalue weighted by molar-refractivity contribution is 5.85. The third-order valence-electron chi connectivity index (χ3n) is 3.79. The molecule has 0 spiro atoms. The molecule has 2 aromatic rings. The first-order chi connectivity index (χ1) is 9.27. The van der Waals surface area contributed by atoms with Gasteiger partial charge >= 0.3 is 0 Å².